The second-order valence-electron chi connectivity index (χ2n) is 5.09. The van der Waals surface area contributed by atoms with Crippen molar-refractivity contribution in [1.82, 2.24) is 9.78 Å². The van der Waals surface area contributed by atoms with Crippen molar-refractivity contribution in [3.63, 3.8) is 0 Å². The summed E-state index contributed by atoms with van der Waals surface area (Å²) in [5, 5.41) is 4.90. The molecule has 0 saturated carbocycles. The number of hydrogen-bond acceptors (Lipinski definition) is 1. The Kier molecular flexibility index (Phi) is 6.20. The van der Waals surface area contributed by atoms with Crippen LogP contribution in [0.5, 0.6) is 0 Å². The van der Waals surface area contributed by atoms with Crippen LogP contribution in [0.4, 0.5) is 0 Å². The van der Waals surface area contributed by atoms with Crippen molar-refractivity contribution < 1.29 is 0 Å². The van der Waals surface area contributed by atoms with E-state index in [1.807, 2.05) is 0 Å². The summed E-state index contributed by atoms with van der Waals surface area (Å²) in [7, 11) is 0. The molecule has 2 unspecified atom stereocenters. The predicted molar refractivity (Wildman–Crippen MR) is 79.3 cm³/mol. The number of aryl methyl sites for hydroxylation is 1. The van der Waals surface area contributed by atoms with Gasteiger partial charge in [0.1, 0.15) is 0 Å². The Bertz CT molecular complexity index is 371. The first-order chi connectivity index (χ1) is 8.58. The molecule has 0 N–H and O–H groups in total. The average molecular weight is 271 g/mol. The van der Waals surface area contributed by atoms with Crippen molar-refractivity contribution in [2.75, 3.05) is 0 Å². The van der Waals surface area contributed by atoms with Crippen LogP contribution < -0.4 is 0 Å². The normalized spacial score (nSPS) is 14.8. The molecule has 1 rings (SSSR count). The Morgan fingerprint density at radius 3 is 2.22 bits per heavy atom. The summed E-state index contributed by atoms with van der Waals surface area (Å²) < 4.78 is 2.20. The van der Waals surface area contributed by atoms with Crippen LogP contribution in [0.1, 0.15) is 69.8 Å². The monoisotopic (exact) mass is 270 g/mol. The Hall–Kier alpha value is -0.500. The first-order valence-corrected chi connectivity index (χ1v) is 7.74. The Labute approximate surface area is 117 Å². The topological polar surface area (TPSA) is 17.8 Å². The molecule has 0 spiro atoms. The molecule has 0 bridgehead atoms. The van der Waals surface area contributed by atoms with E-state index in [4.69, 9.17) is 16.7 Å². The molecular weight excluding hydrogens is 244 g/mol. The van der Waals surface area contributed by atoms with Crippen LogP contribution >= 0.6 is 11.6 Å². The zero-order chi connectivity index (χ0) is 13.7. The van der Waals surface area contributed by atoms with Crippen LogP contribution in [-0.4, -0.2) is 9.78 Å². The number of alkyl halides is 1. The SMILES string of the molecule is CCc1nn(CC(C)CC)c(CC)c1C(Cl)CC. The van der Waals surface area contributed by atoms with E-state index >= 15 is 0 Å². The van der Waals surface area contributed by atoms with Crippen molar-refractivity contribution in [1.29, 1.82) is 0 Å². The highest BCUT2D eigenvalue weighted by atomic mass is 35.5. The van der Waals surface area contributed by atoms with Crippen LogP contribution in [0.15, 0.2) is 0 Å². The zero-order valence-corrected chi connectivity index (χ0v) is 13.2. The third kappa shape index (κ3) is 3.28. The molecule has 1 aromatic heterocycles. The fraction of sp³-hybridized carbons (Fsp3) is 0.800. The van der Waals surface area contributed by atoms with E-state index in [1.165, 1.54) is 23.4 Å². The van der Waals surface area contributed by atoms with Crippen LogP contribution in [-0.2, 0) is 19.4 Å². The highest BCUT2D eigenvalue weighted by Gasteiger charge is 2.21. The minimum Gasteiger partial charge on any atom is -0.269 e. The van der Waals surface area contributed by atoms with Gasteiger partial charge in [-0.2, -0.15) is 5.10 Å². The first kappa shape index (κ1) is 15.6. The molecule has 1 aromatic rings. The van der Waals surface area contributed by atoms with Crippen LogP contribution in [0, 0.1) is 5.92 Å². The quantitative estimate of drug-likeness (QED) is 0.654. The van der Waals surface area contributed by atoms with Gasteiger partial charge in [0.25, 0.3) is 0 Å². The van der Waals surface area contributed by atoms with Crippen molar-refractivity contribution >= 4 is 11.6 Å². The van der Waals surface area contributed by atoms with Gasteiger partial charge in [0.2, 0.25) is 0 Å². The van der Waals surface area contributed by atoms with E-state index < -0.39 is 0 Å². The summed E-state index contributed by atoms with van der Waals surface area (Å²) in [6, 6.07) is 0. The number of rotatable bonds is 7. The van der Waals surface area contributed by atoms with Gasteiger partial charge in [-0.25, -0.2) is 0 Å². The van der Waals surface area contributed by atoms with Gasteiger partial charge < -0.3 is 0 Å². The van der Waals surface area contributed by atoms with Gasteiger partial charge in [0.15, 0.2) is 0 Å². The fourth-order valence-corrected chi connectivity index (χ4v) is 2.59. The lowest BCUT2D eigenvalue weighted by Gasteiger charge is -2.13. The molecule has 0 radical (unpaired) electrons. The number of hydrogen-bond donors (Lipinski definition) is 0. The largest absolute Gasteiger partial charge is 0.269 e. The third-order valence-electron chi connectivity index (χ3n) is 3.70. The molecule has 3 heteroatoms. The Morgan fingerprint density at radius 2 is 1.78 bits per heavy atom. The summed E-state index contributed by atoms with van der Waals surface area (Å²) in [4.78, 5) is 0. The maximum Gasteiger partial charge on any atom is 0.0671 e. The summed E-state index contributed by atoms with van der Waals surface area (Å²) in [5.74, 6) is 0.670. The molecule has 0 aliphatic heterocycles. The van der Waals surface area contributed by atoms with Gasteiger partial charge in [-0.3, -0.25) is 4.68 Å². The number of aromatic nitrogens is 2. The van der Waals surface area contributed by atoms with Crippen molar-refractivity contribution in [3.05, 3.63) is 17.0 Å². The molecule has 2 nitrogen and oxygen atoms in total. The summed E-state index contributed by atoms with van der Waals surface area (Å²) in [5.41, 5.74) is 3.83. The summed E-state index contributed by atoms with van der Waals surface area (Å²) >= 11 is 6.49. The van der Waals surface area contributed by atoms with Gasteiger partial charge in [0, 0.05) is 17.8 Å². The molecule has 0 saturated heterocycles. The molecule has 104 valence electrons. The average Bonchev–Trinajstić information content (AvgIpc) is 2.74. The van der Waals surface area contributed by atoms with Gasteiger partial charge in [0.05, 0.1) is 11.1 Å². The maximum atomic E-state index is 6.49. The molecule has 0 aliphatic rings. The van der Waals surface area contributed by atoms with Gasteiger partial charge in [-0.05, 0) is 25.2 Å². The second-order valence-corrected chi connectivity index (χ2v) is 5.61. The molecule has 0 amide bonds. The van der Waals surface area contributed by atoms with E-state index in [0.29, 0.717) is 5.92 Å². The molecule has 1 heterocycles. The lowest BCUT2D eigenvalue weighted by Crippen LogP contribution is -2.11. The van der Waals surface area contributed by atoms with Crippen molar-refractivity contribution in [3.8, 4) is 0 Å². The molecular formula is C15H27ClN2. The Morgan fingerprint density at radius 1 is 1.11 bits per heavy atom. The minimum atomic E-state index is 0.112. The lowest BCUT2D eigenvalue weighted by molar-refractivity contribution is 0.427. The van der Waals surface area contributed by atoms with E-state index in [2.05, 4.69) is 39.3 Å². The third-order valence-corrected chi connectivity index (χ3v) is 4.22. The fourth-order valence-electron chi connectivity index (χ4n) is 2.34. The van der Waals surface area contributed by atoms with E-state index in [1.54, 1.807) is 0 Å². The minimum absolute atomic E-state index is 0.112. The van der Waals surface area contributed by atoms with Gasteiger partial charge in [-0.15, -0.1) is 11.6 Å². The standard InChI is InChI=1S/C15H27ClN2/c1-6-11(5)10-18-14(9-4)15(12(16)7-2)13(8-3)17-18/h11-12H,6-10H2,1-5H3. The van der Waals surface area contributed by atoms with Crippen LogP contribution in [0.2, 0.25) is 0 Å². The van der Waals surface area contributed by atoms with Crippen molar-refractivity contribution in [2.24, 2.45) is 5.92 Å². The van der Waals surface area contributed by atoms with Crippen molar-refractivity contribution in [2.45, 2.75) is 72.2 Å². The van der Waals surface area contributed by atoms with Gasteiger partial charge >= 0.3 is 0 Å². The molecule has 0 fully saturated rings. The highest BCUT2D eigenvalue weighted by molar-refractivity contribution is 6.20. The van der Waals surface area contributed by atoms with E-state index in [0.717, 1.165) is 25.8 Å². The highest BCUT2D eigenvalue weighted by Crippen LogP contribution is 2.31. The number of nitrogens with zero attached hydrogens (tertiary/aromatic N) is 2. The second kappa shape index (κ2) is 7.18. The molecule has 0 aliphatic carbocycles. The Balaban J connectivity index is 3.15. The summed E-state index contributed by atoms with van der Waals surface area (Å²) in [6.07, 6.45) is 4.15. The molecule has 2 atom stereocenters. The lowest BCUT2D eigenvalue weighted by atomic mass is 10.0. The maximum absolute atomic E-state index is 6.49. The van der Waals surface area contributed by atoms with E-state index in [-0.39, 0.29) is 5.38 Å². The zero-order valence-electron chi connectivity index (χ0n) is 12.5. The van der Waals surface area contributed by atoms with E-state index in [9.17, 15) is 0 Å². The number of halogens is 1. The molecule has 0 aromatic carbocycles. The first-order valence-electron chi connectivity index (χ1n) is 7.31. The van der Waals surface area contributed by atoms with Crippen LogP contribution in [0.25, 0.3) is 0 Å². The van der Waals surface area contributed by atoms with Gasteiger partial charge in [-0.1, -0.05) is 41.0 Å². The molecule has 18 heavy (non-hydrogen) atoms. The summed E-state index contributed by atoms with van der Waals surface area (Å²) in [6.45, 7) is 12.0. The predicted octanol–water partition coefficient (Wildman–Crippen LogP) is 4.74. The van der Waals surface area contributed by atoms with Crippen LogP contribution in [0.3, 0.4) is 0 Å². The smallest absolute Gasteiger partial charge is 0.0671 e.